The SMILES string of the molecule is Cc1ccc(C(CNC(=O)C2CC(O)CN2)N(C)C)cc1. The van der Waals surface area contributed by atoms with Crippen molar-refractivity contribution in [2.75, 3.05) is 27.2 Å². The van der Waals surface area contributed by atoms with Gasteiger partial charge in [0.15, 0.2) is 0 Å². The molecule has 0 aliphatic carbocycles. The third kappa shape index (κ3) is 4.27. The lowest BCUT2D eigenvalue weighted by Gasteiger charge is -2.26. The Bertz CT molecular complexity index is 473. The number of hydrogen-bond acceptors (Lipinski definition) is 4. The van der Waals surface area contributed by atoms with Gasteiger partial charge < -0.3 is 20.6 Å². The second-order valence-electron chi connectivity index (χ2n) is 5.99. The summed E-state index contributed by atoms with van der Waals surface area (Å²) < 4.78 is 0. The van der Waals surface area contributed by atoms with E-state index in [2.05, 4.69) is 46.7 Å². The first kappa shape index (κ1) is 15.9. The number of benzene rings is 1. The summed E-state index contributed by atoms with van der Waals surface area (Å²) in [6.45, 7) is 3.11. The van der Waals surface area contributed by atoms with Gasteiger partial charge in [-0.2, -0.15) is 0 Å². The van der Waals surface area contributed by atoms with E-state index in [0.717, 1.165) is 0 Å². The Hall–Kier alpha value is -1.43. The third-order valence-electron chi connectivity index (χ3n) is 3.98. The second kappa shape index (κ2) is 7.02. The molecule has 1 aromatic rings. The fourth-order valence-electron chi connectivity index (χ4n) is 2.62. The van der Waals surface area contributed by atoms with Crippen molar-refractivity contribution in [3.63, 3.8) is 0 Å². The van der Waals surface area contributed by atoms with Crippen LogP contribution in [0.4, 0.5) is 0 Å². The summed E-state index contributed by atoms with van der Waals surface area (Å²) >= 11 is 0. The van der Waals surface area contributed by atoms with Gasteiger partial charge in [0.2, 0.25) is 5.91 Å². The van der Waals surface area contributed by atoms with Crippen LogP contribution in [0.2, 0.25) is 0 Å². The Morgan fingerprint density at radius 3 is 2.62 bits per heavy atom. The largest absolute Gasteiger partial charge is 0.392 e. The number of likely N-dealkylation sites (N-methyl/N-ethyl adjacent to an activating group) is 1. The highest BCUT2D eigenvalue weighted by molar-refractivity contribution is 5.82. The average Bonchev–Trinajstić information content (AvgIpc) is 2.87. The van der Waals surface area contributed by atoms with Gasteiger partial charge in [0.25, 0.3) is 0 Å². The molecule has 1 amide bonds. The minimum Gasteiger partial charge on any atom is -0.392 e. The molecular weight excluding hydrogens is 266 g/mol. The number of β-amino-alcohol motifs (C(OH)–C–C–N with tert-alkyl or cyclic N) is 1. The first-order valence-electron chi connectivity index (χ1n) is 7.39. The standard InChI is InChI=1S/C16H25N3O2/c1-11-4-6-12(7-5-11)15(19(2)3)10-18-16(21)14-8-13(20)9-17-14/h4-7,13-15,17,20H,8-10H2,1-3H3,(H,18,21). The van der Waals surface area contributed by atoms with E-state index in [0.29, 0.717) is 19.5 Å². The highest BCUT2D eigenvalue weighted by Gasteiger charge is 2.28. The molecule has 1 heterocycles. The van der Waals surface area contributed by atoms with Gasteiger partial charge in [-0.3, -0.25) is 4.79 Å². The van der Waals surface area contributed by atoms with Crippen LogP contribution in [0.25, 0.3) is 0 Å². The number of rotatable bonds is 5. The van der Waals surface area contributed by atoms with Crippen LogP contribution in [-0.2, 0) is 4.79 Å². The molecule has 116 valence electrons. The van der Waals surface area contributed by atoms with Crippen LogP contribution in [-0.4, -0.2) is 55.2 Å². The van der Waals surface area contributed by atoms with Crippen LogP contribution in [0.15, 0.2) is 24.3 Å². The van der Waals surface area contributed by atoms with Gasteiger partial charge in [0.05, 0.1) is 18.2 Å². The number of aliphatic hydroxyl groups is 1. The van der Waals surface area contributed by atoms with Crippen LogP contribution >= 0.6 is 0 Å². The monoisotopic (exact) mass is 291 g/mol. The number of amides is 1. The summed E-state index contributed by atoms with van der Waals surface area (Å²) in [4.78, 5) is 14.2. The first-order valence-corrected chi connectivity index (χ1v) is 7.39. The van der Waals surface area contributed by atoms with Crippen molar-refractivity contribution in [1.29, 1.82) is 0 Å². The number of hydrogen-bond donors (Lipinski definition) is 3. The Morgan fingerprint density at radius 2 is 2.10 bits per heavy atom. The molecule has 5 heteroatoms. The van der Waals surface area contributed by atoms with E-state index in [1.165, 1.54) is 11.1 Å². The van der Waals surface area contributed by atoms with E-state index in [9.17, 15) is 9.90 Å². The zero-order valence-electron chi connectivity index (χ0n) is 13.0. The highest BCUT2D eigenvalue weighted by Crippen LogP contribution is 2.18. The molecule has 1 fully saturated rings. The lowest BCUT2D eigenvalue weighted by Crippen LogP contribution is -2.43. The molecule has 1 aliphatic heterocycles. The van der Waals surface area contributed by atoms with Crippen molar-refractivity contribution in [2.45, 2.75) is 31.5 Å². The Balaban J connectivity index is 1.94. The van der Waals surface area contributed by atoms with E-state index < -0.39 is 6.10 Å². The maximum Gasteiger partial charge on any atom is 0.237 e. The van der Waals surface area contributed by atoms with E-state index in [1.54, 1.807) is 0 Å². The van der Waals surface area contributed by atoms with Crippen LogP contribution < -0.4 is 10.6 Å². The molecule has 0 spiro atoms. The van der Waals surface area contributed by atoms with Gasteiger partial charge >= 0.3 is 0 Å². The molecule has 0 bridgehead atoms. The Kier molecular flexibility index (Phi) is 5.33. The highest BCUT2D eigenvalue weighted by atomic mass is 16.3. The zero-order chi connectivity index (χ0) is 15.4. The Labute approximate surface area is 126 Å². The fraction of sp³-hybridized carbons (Fsp3) is 0.562. The number of nitrogens with one attached hydrogen (secondary N) is 2. The maximum atomic E-state index is 12.1. The number of carbonyl (C=O) groups excluding carboxylic acids is 1. The molecular formula is C16H25N3O2. The molecule has 3 unspecified atom stereocenters. The molecule has 3 atom stereocenters. The van der Waals surface area contributed by atoms with Crippen molar-refractivity contribution in [1.82, 2.24) is 15.5 Å². The van der Waals surface area contributed by atoms with Gasteiger partial charge in [0.1, 0.15) is 0 Å². The summed E-state index contributed by atoms with van der Waals surface area (Å²) in [6, 6.07) is 8.24. The van der Waals surface area contributed by atoms with Gasteiger partial charge in [-0.25, -0.2) is 0 Å². The molecule has 1 aliphatic rings. The molecule has 21 heavy (non-hydrogen) atoms. The average molecular weight is 291 g/mol. The van der Waals surface area contributed by atoms with E-state index >= 15 is 0 Å². The van der Waals surface area contributed by atoms with Crippen LogP contribution in [0.5, 0.6) is 0 Å². The van der Waals surface area contributed by atoms with E-state index in [-0.39, 0.29) is 18.0 Å². The van der Waals surface area contributed by atoms with Crippen molar-refractivity contribution < 1.29 is 9.90 Å². The van der Waals surface area contributed by atoms with Crippen LogP contribution in [0.3, 0.4) is 0 Å². The summed E-state index contributed by atoms with van der Waals surface area (Å²) in [5.74, 6) is -0.0366. The molecule has 5 nitrogen and oxygen atoms in total. The fourth-order valence-corrected chi connectivity index (χ4v) is 2.62. The molecule has 0 radical (unpaired) electrons. The lowest BCUT2D eigenvalue weighted by molar-refractivity contribution is -0.123. The van der Waals surface area contributed by atoms with Gasteiger partial charge in [-0.15, -0.1) is 0 Å². The van der Waals surface area contributed by atoms with Gasteiger partial charge in [-0.05, 0) is 33.0 Å². The van der Waals surface area contributed by atoms with Gasteiger partial charge in [-0.1, -0.05) is 29.8 Å². The van der Waals surface area contributed by atoms with Crippen molar-refractivity contribution >= 4 is 5.91 Å². The topological polar surface area (TPSA) is 64.6 Å². The van der Waals surface area contributed by atoms with Crippen LogP contribution in [0, 0.1) is 6.92 Å². The molecule has 3 N–H and O–H groups in total. The van der Waals surface area contributed by atoms with E-state index in [4.69, 9.17) is 0 Å². The Morgan fingerprint density at radius 1 is 1.43 bits per heavy atom. The first-order chi connectivity index (χ1) is 9.97. The predicted molar refractivity (Wildman–Crippen MR) is 83.0 cm³/mol. The van der Waals surface area contributed by atoms with E-state index in [1.807, 2.05) is 14.1 Å². The number of aryl methyl sites for hydroxylation is 1. The summed E-state index contributed by atoms with van der Waals surface area (Å²) in [6.07, 6.45) is 0.0747. The normalized spacial score (nSPS) is 23.3. The number of nitrogens with zero attached hydrogens (tertiary/aromatic N) is 1. The quantitative estimate of drug-likeness (QED) is 0.736. The molecule has 1 aromatic carbocycles. The molecule has 2 rings (SSSR count). The zero-order valence-corrected chi connectivity index (χ0v) is 13.0. The van der Waals surface area contributed by atoms with Gasteiger partial charge in [0, 0.05) is 13.1 Å². The van der Waals surface area contributed by atoms with Crippen molar-refractivity contribution in [3.8, 4) is 0 Å². The summed E-state index contributed by atoms with van der Waals surface area (Å²) in [5, 5.41) is 15.5. The smallest absolute Gasteiger partial charge is 0.237 e. The lowest BCUT2D eigenvalue weighted by atomic mass is 10.0. The summed E-state index contributed by atoms with van der Waals surface area (Å²) in [5.41, 5.74) is 2.41. The molecule has 0 aromatic heterocycles. The number of aliphatic hydroxyl groups excluding tert-OH is 1. The second-order valence-corrected chi connectivity index (χ2v) is 5.99. The minimum atomic E-state index is -0.414. The molecule has 0 saturated carbocycles. The third-order valence-corrected chi connectivity index (χ3v) is 3.98. The molecule has 1 saturated heterocycles. The van der Waals surface area contributed by atoms with Crippen molar-refractivity contribution in [2.24, 2.45) is 0 Å². The number of carbonyl (C=O) groups is 1. The minimum absolute atomic E-state index is 0.0366. The summed E-state index contributed by atoms with van der Waals surface area (Å²) in [7, 11) is 4.02. The van der Waals surface area contributed by atoms with Crippen molar-refractivity contribution in [3.05, 3.63) is 35.4 Å². The predicted octanol–water partition coefficient (Wildman–Crippen LogP) is 0.437. The van der Waals surface area contributed by atoms with Crippen LogP contribution in [0.1, 0.15) is 23.6 Å². The maximum absolute atomic E-state index is 12.1.